The molecule has 2 N–H and O–H groups in total. The van der Waals surface area contributed by atoms with E-state index in [4.69, 9.17) is 16.3 Å². The van der Waals surface area contributed by atoms with Gasteiger partial charge in [-0.1, -0.05) is 43.7 Å². The van der Waals surface area contributed by atoms with Crippen LogP contribution in [0.4, 0.5) is 5.69 Å². The minimum atomic E-state index is -0.424. The Hall–Kier alpha value is -2.15. The highest BCUT2D eigenvalue weighted by molar-refractivity contribution is 7.98. The van der Waals surface area contributed by atoms with Gasteiger partial charge in [0.25, 0.3) is 5.91 Å². The van der Waals surface area contributed by atoms with Gasteiger partial charge in [0, 0.05) is 34.3 Å². The number of aryl methyl sites for hydroxylation is 1. The first-order valence-corrected chi connectivity index (χ1v) is 15.7. The highest BCUT2D eigenvalue weighted by Crippen LogP contribution is 2.46. The van der Waals surface area contributed by atoms with Gasteiger partial charge >= 0.3 is 0 Å². The molecule has 208 valence electrons. The number of fused-ring (bicyclic) bond motifs is 4. The van der Waals surface area contributed by atoms with Crippen LogP contribution in [-0.4, -0.2) is 42.1 Å². The molecule has 6 rings (SSSR count). The van der Waals surface area contributed by atoms with Gasteiger partial charge in [-0.3, -0.25) is 9.52 Å². The van der Waals surface area contributed by atoms with E-state index in [0.717, 1.165) is 68.1 Å². The first kappa shape index (κ1) is 27.0. The van der Waals surface area contributed by atoms with Crippen LogP contribution in [0, 0.1) is 17.8 Å². The molecule has 1 fully saturated rings. The number of nitrogens with zero attached hydrogens (tertiary/aromatic N) is 1. The Morgan fingerprint density at radius 2 is 2.05 bits per heavy atom. The molecule has 1 amide bonds. The fourth-order valence-electron chi connectivity index (χ4n) is 6.90. The van der Waals surface area contributed by atoms with Crippen LogP contribution in [0.1, 0.15) is 67.4 Å². The number of hydrogen-bond acceptors (Lipinski definition) is 5. The Bertz CT molecular complexity index is 1270. The van der Waals surface area contributed by atoms with Gasteiger partial charge in [0.2, 0.25) is 0 Å². The predicted molar refractivity (Wildman–Crippen MR) is 160 cm³/mol. The van der Waals surface area contributed by atoms with Crippen LogP contribution in [0.15, 0.2) is 48.6 Å². The molecule has 39 heavy (non-hydrogen) atoms. The number of benzene rings is 2. The summed E-state index contributed by atoms with van der Waals surface area (Å²) >= 11 is 7.88. The number of anilines is 1. The van der Waals surface area contributed by atoms with Crippen LogP contribution in [0.25, 0.3) is 0 Å². The SMILES string of the molecule is C[C@@H]1C/C=C/[C@H](O)[C@@H]2CC[C@H]2CN2C[C@@]3(CCCc4cc(Cl)ccc43)COc3ccc(cc32)C(=O)NS[C@H]1C. The Morgan fingerprint density at radius 3 is 2.87 bits per heavy atom. The van der Waals surface area contributed by atoms with Gasteiger partial charge in [0.1, 0.15) is 5.75 Å². The number of allylic oxidation sites excluding steroid dienone is 1. The molecule has 2 aliphatic carbocycles. The smallest absolute Gasteiger partial charge is 0.261 e. The molecule has 2 aliphatic heterocycles. The first-order valence-electron chi connectivity index (χ1n) is 14.4. The Morgan fingerprint density at radius 1 is 1.18 bits per heavy atom. The van der Waals surface area contributed by atoms with Crippen LogP contribution in [0.5, 0.6) is 5.75 Å². The fourth-order valence-corrected chi connectivity index (χ4v) is 7.85. The Labute approximate surface area is 241 Å². The van der Waals surface area contributed by atoms with E-state index in [-0.39, 0.29) is 22.5 Å². The maximum absolute atomic E-state index is 13.2. The molecular weight excluding hydrogens is 528 g/mol. The summed E-state index contributed by atoms with van der Waals surface area (Å²) < 4.78 is 9.67. The summed E-state index contributed by atoms with van der Waals surface area (Å²) in [6.07, 6.45) is 9.93. The van der Waals surface area contributed by atoms with Crippen molar-refractivity contribution in [3.8, 4) is 5.75 Å². The third-order valence-electron chi connectivity index (χ3n) is 9.65. The Kier molecular flexibility index (Phi) is 7.64. The maximum Gasteiger partial charge on any atom is 0.261 e. The van der Waals surface area contributed by atoms with Gasteiger partial charge in [-0.2, -0.15) is 0 Å². The van der Waals surface area contributed by atoms with Crippen molar-refractivity contribution in [2.24, 2.45) is 17.8 Å². The van der Waals surface area contributed by atoms with E-state index in [1.165, 1.54) is 23.1 Å². The number of aliphatic hydroxyl groups is 1. The van der Waals surface area contributed by atoms with Crippen molar-refractivity contribution in [3.05, 3.63) is 70.3 Å². The van der Waals surface area contributed by atoms with Gasteiger partial charge in [0.05, 0.1) is 18.4 Å². The quantitative estimate of drug-likeness (QED) is 0.279. The average molecular weight is 567 g/mol. The molecule has 0 saturated heterocycles. The molecule has 2 aromatic rings. The third-order valence-corrected chi connectivity index (χ3v) is 11.0. The summed E-state index contributed by atoms with van der Waals surface area (Å²) in [6, 6.07) is 12.2. The number of nitrogens with one attached hydrogen (secondary N) is 1. The second kappa shape index (κ2) is 11.0. The highest BCUT2D eigenvalue weighted by Gasteiger charge is 2.44. The number of amides is 1. The van der Waals surface area contributed by atoms with Crippen molar-refractivity contribution >= 4 is 35.1 Å². The van der Waals surface area contributed by atoms with Crippen molar-refractivity contribution in [2.75, 3.05) is 24.6 Å². The van der Waals surface area contributed by atoms with Gasteiger partial charge in [-0.25, -0.2) is 0 Å². The van der Waals surface area contributed by atoms with Crippen LogP contribution < -0.4 is 14.4 Å². The molecule has 0 radical (unpaired) electrons. The zero-order valence-corrected chi connectivity index (χ0v) is 24.4. The first-order chi connectivity index (χ1) is 18.8. The lowest BCUT2D eigenvalue weighted by Crippen LogP contribution is -2.49. The number of carbonyl (C=O) groups excluding carboxylic acids is 1. The standard InChI is InChI=1S/C32H39ClN2O3S/c1-20-5-3-7-29(36)26-11-8-24(26)17-35-18-32(14-4-6-22-15-25(33)10-12-27(22)32)19-38-30-13-9-23(16-28(30)35)31(37)34-39-21(20)2/h3,7,9-10,12-13,15-16,20-21,24,26,29,36H,4-6,8,11,14,17-19H2,1-2H3,(H,34,37)/b7-3+/t20-,21+,24+,26-,29+,32+/m1/s1. The second-order valence-electron chi connectivity index (χ2n) is 12.2. The molecule has 4 aliphatic rings. The molecular formula is C32H39ClN2O3S. The number of carbonyl (C=O) groups is 1. The van der Waals surface area contributed by atoms with Crippen LogP contribution >= 0.6 is 23.5 Å². The number of rotatable bonds is 0. The molecule has 2 aromatic carbocycles. The highest BCUT2D eigenvalue weighted by atomic mass is 35.5. The lowest BCUT2D eigenvalue weighted by molar-refractivity contribution is 0.0456. The number of aliphatic hydroxyl groups excluding tert-OH is 1. The zero-order chi connectivity index (χ0) is 27.1. The minimum absolute atomic E-state index is 0.0713. The molecule has 6 atom stereocenters. The van der Waals surface area contributed by atoms with Crippen molar-refractivity contribution in [1.29, 1.82) is 0 Å². The summed E-state index contributed by atoms with van der Waals surface area (Å²) in [4.78, 5) is 15.7. The van der Waals surface area contributed by atoms with E-state index < -0.39 is 6.10 Å². The van der Waals surface area contributed by atoms with Crippen molar-refractivity contribution in [2.45, 2.75) is 69.1 Å². The van der Waals surface area contributed by atoms with Crippen molar-refractivity contribution in [1.82, 2.24) is 4.72 Å². The largest absolute Gasteiger partial charge is 0.490 e. The summed E-state index contributed by atoms with van der Waals surface area (Å²) in [5, 5.41) is 12.1. The Balaban J connectivity index is 1.39. The van der Waals surface area contributed by atoms with Crippen LogP contribution in [0.2, 0.25) is 5.02 Å². The van der Waals surface area contributed by atoms with E-state index >= 15 is 0 Å². The summed E-state index contributed by atoms with van der Waals surface area (Å²) in [5.41, 5.74) is 4.14. The van der Waals surface area contributed by atoms with E-state index in [0.29, 0.717) is 24.0 Å². The molecule has 5 nitrogen and oxygen atoms in total. The molecule has 1 saturated carbocycles. The molecule has 0 unspecified atom stereocenters. The third kappa shape index (κ3) is 5.32. The normalized spacial score (nSPS) is 33.6. The molecule has 2 bridgehead atoms. The molecule has 0 aromatic heterocycles. The zero-order valence-electron chi connectivity index (χ0n) is 22.9. The van der Waals surface area contributed by atoms with E-state index in [1.807, 2.05) is 30.3 Å². The predicted octanol–water partition coefficient (Wildman–Crippen LogP) is 6.56. The summed E-state index contributed by atoms with van der Waals surface area (Å²) in [7, 11) is 0. The monoisotopic (exact) mass is 566 g/mol. The van der Waals surface area contributed by atoms with E-state index in [2.05, 4.69) is 41.7 Å². The maximum atomic E-state index is 13.2. The lowest BCUT2D eigenvalue weighted by Gasteiger charge is -2.45. The number of ether oxygens (including phenoxy) is 1. The second-order valence-corrected chi connectivity index (χ2v) is 13.8. The van der Waals surface area contributed by atoms with Crippen LogP contribution in [0.3, 0.4) is 0 Å². The number of hydrogen-bond donors (Lipinski definition) is 2. The molecule has 7 heteroatoms. The van der Waals surface area contributed by atoms with Gasteiger partial charge < -0.3 is 14.7 Å². The van der Waals surface area contributed by atoms with E-state index in [9.17, 15) is 9.90 Å². The van der Waals surface area contributed by atoms with Crippen molar-refractivity contribution < 1.29 is 14.6 Å². The minimum Gasteiger partial charge on any atom is -0.490 e. The van der Waals surface area contributed by atoms with Gasteiger partial charge in [-0.05, 0) is 110 Å². The average Bonchev–Trinajstić information content (AvgIpc) is 3.05. The molecule has 2 heterocycles. The van der Waals surface area contributed by atoms with Crippen LogP contribution in [-0.2, 0) is 11.8 Å². The van der Waals surface area contributed by atoms with E-state index in [1.54, 1.807) is 0 Å². The molecule has 1 spiro atoms. The fraction of sp³-hybridized carbons (Fsp3) is 0.531. The van der Waals surface area contributed by atoms with Gasteiger partial charge in [-0.15, -0.1) is 0 Å². The topological polar surface area (TPSA) is 61.8 Å². The summed E-state index contributed by atoms with van der Waals surface area (Å²) in [5.74, 6) is 1.78. The summed E-state index contributed by atoms with van der Waals surface area (Å²) in [6.45, 7) is 6.59. The van der Waals surface area contributed by atoms with Gasteiger partial charge in [0.15, 0.2) is 0 Å². The number of halogens is 1. The lowest BCUT2D eigenvalue weighted by atomic mass is 9.68. The van der Waals surface area contributed by atoms with Crippen molar-refractivity contribution in [3.63, 3.8) is 0 Å².